The lowest BCUT2D eigenvalue weighted by molar-refractivity contribution is -0.121. The number of carbonyl (C=O) groups excluding carboxylic acids is 1. The smallest absolute Gasteiger partial charge is 0.220 e. The van der Waals surface area contributed by atoms with Crippen molar-refractivity contribution >= 4 is 5.91 Å². The number of aliphatic hydroxyl groups excluding tert-OH is 3. The number of hydrogen-bond donors (Lipinski definition) is 4. The molecule has 1 aromatic rings. The summed E-state index contributed by atoms with van der Waals surface area (Å²) in [6.07, 6.45) is 13.3. The van der Waals surface area contributed by atoms with Crippen molar-refractivity contribution in [3.8, 4) is 0 Å². The summed E-state index contributed by atoms with van der Waals surface area (Å²) in [5, 5.41) is 34.1. The molecule has 5 atom stereocenters. The number of carbonyl (C=O) groups is 1. The zero-order valence-electron chi connectivity index (χ0n) is 19.0. The predicted molar refractivity (Wildman–Crippen MR) is 127 cm³/mol. The summed E-state index contributed by atoms with van der Waals surface area (Å²) < 4.78 is 0. The monoisotopic (exact) mass is 441 g/mol. The zero-order valence-corrected chi connectivity index (χ0v) is 19.0. The van der Waals surface area contributed by atoms with Crippen molar-refractivity contribution in [3.05, 3.63) is 60.2 Å². The molecule has 0 aliphatic heterocycles. The Morgan fingerprint density at radius 2 is 1.91 bits per heavy atom. The molecule has 0 radical (unpaired) electrons. The van der Waals surface area contributed by atoms with Gasteiger partial charge in [0.05, 0.1) is 18.3 Å². The maximum atomic E-state index is 11.8. The number of hydrogen-bond acceptors (Lipinski definition) is 4. The molecule has 1 amide bonds. The number of allylic oxidation sites excluding steroid dienone is 2. The van der Waals surface area contributed by atoms with Crippen LogP contribution in [0.25, 0.3) is 0 Å². The molecule has 176 valence electrons. The number of unbranched alkanes of at least 4 members (excludes halogenated alkanes) is 1. The first-order valence-corrected chi connectivity index (χ1v) is 12.2. The van der Waals surface area contributed by atoms with Gasteiger partial charge in [-0.3, -0.25) is 4.79 Å². The van der Waals surface area contributed by atoms with Gasteiger partial charge in [0.1, 0.15) is 0 Å². The minimum absolute atomic E-state index is 0.0549. The Morgan fingerprint density at radius 3 is 2.66 bits per heavy atom. The lowest BCUT2D eigenvalue weighted by Crippen LogP contribution is -2.24. The van der Waals surface area contributed by atoms with Crippen LogP contribution in [0.15, 0.2) is 54.6 Å². The van der Waals surface area contributed by atoms with E-state index in [0.29, 0.717) is 31.6 Å². The third kappa shape index (κ3) is 8.53. The zero-order chi connectivity index (χ0) is 22.8. The molecule has 3 rings (SSSR count). The molecular weight excluding hydrogens is 402 g/mol. The average molecular weight is 442 g/mol. The van der Waals surface area contributed by atoms with E-state index in [9.17, 15) is 20.1 Å². The first-order valence-electron chi connectivity index (χ1n) is 12.2. The fourth-order valence-corrected chi connectivity index (χ4v) is 4.44. The van der Waals surface area contributed by atoms with Gasteiger partial charge in [0.15, 0.2) is 0 Å². The van der Waals surface area contributed by atoms with Gasteiger partial charge in [0.2, 0.25) is 5.91 Å². The van der Waals surface area contributed by atoms with Crippen molar-refractivity contribution < 1.29 is 20.1 Å². The van der Waals surface area contributed by atoms with Crippen molar-refractivity contribution in [1.82, 2.24) is 5.32 Å². The van der Waals surface area contributed by atoms with Gasteiger partial charge < -0.3 is 20.6 Å². The molecule has 5 heteroatoms. The topological polar surface area (TPSA) is 89.8 Å². The summed E-state index contributed by atoms with van der Waals surface area (Å²) in [6.45, 7) is 0.826. The Bertz CT molecular complexity index is 743. The molecule has 2 fully saturated rings. The van der Waals surface area contributed by atoms with Gasteiger partial charge in [-0.2, -0.15) is 0 Å². The van der Waals surface area contributed by atoms with Crippen LogP contribution in [-0.4, -0.2) is 46.1 Å². The van der Waals surface area contributed by atoms with Gasteiger partial charge in [-0.05, 0) is 62.3 Å². The lowest BCUT2D eigenvalue weighted by atomic mass is 9.89. The van der Waals surface area contributed by atoms with Gasteiger partial charge in [-0.15, -0.1) is 0 Å². The minimum Gasteiger partial charge on any atom is -0.393 e. The van der Waals surface area contributed by atoms with Crippen LogP contribution in [0.3, 0.4) is 0 Å². The van der Waals surface area contributed by atoms with E-state index in [1.165, 1.54) is 18.4 Å². The average Bonchev–Trinajstić information content (AvgIpc) is 3.58. The summed E-state index contributed by atoms with van der Waals surface area (Å²) in [6, 6.07) is 10.1. The van der Waals surface area contributed by atoms with Crippen LogP contribution in [0.5, 0.6) is 0 Å². The van der Waals surface area contributed by atoms with Gasteiger partial charge >= 0.3 is 0 Å². The van der Waals surface area contributed by atoms with E-state index in [1.54, 1.807) is 6.08 Å². The molecule has 0 unspecified atom stereocenters. The molecule has 4 N–H and O–H groups in total. The SMILES string of the molecule is O=C(CCC/C=C/C[C@@H]1[C@@H](/C=C/[C@@H](O)CCc2ccccc2)[C@H](O)C[C@@H]1O)NCC1CC1. The van der Waals surface area contributed by atoms with E-state index in [0.717, 1.165) is 25.8 Å². The summed E-state index contributed by atoms with van der Waals surface area (Å²) in [5.74, 6) is 0.629. The summed E-state index contributed by atoms with van der Waals surface area (Å²) in [7, 11) is 0. The number of aryl methyl sites for hydroxylation is 1. The van der Waals surface area contributed by atoms with E-state index in [-0.39, 0.29) is 17.7 Å². The second kappa shape index (κ2) is 12.9. The van der Waals surface area contributed by atoms with Gasteiger partial charge in [-0.1, -0.05) is 54.6 Å². The second-order valence-corrected chi connectivity index (χ2v) is 9.43. The molecule has 1 aromatic carbocycles. The summed E-state index contributed by atoms with van der Waals surface area (Å²) in [5.41, 5.74) is 1.19. The normalized spacial score (nSPS) is 26.7. The molecule has 32 heavy (non-hydrogen) atoms. The summed E-state index contributed by atoms with van der Waals surface area (Å²) >= 11 is 0. The first-order chi connectivity index (χ1) is 15.5. The number of rotatable bonds is 13. The highest BCUT2D eigenvalue weighted by atomic mass is 16.3. The van der Waals surface area contributed by atoms with Crippen molar-refractivity contribution in [2.75, 3.05) is 6.54 Å². The third-order valence-corrected chi connectivity index (χ3v) is 6.68. The molecule has 0 bridgehead atoms. The van der Waals surface area contributed by atoms with Crippen LogP contribution in [-0.2, 0) is 11.2 Å². The predicted octanol–water partition coefficient (Wildman–Crippen LogP) is 3.54. The molecule has 2 aliphatic rings. The molecule has 5 nitrogen and oxygen atoms in total. The van der Waals surface area contributed by atoms with Crippen LogP contribution in [0.4, 0.5) is 0 Å². The number of aliphatic hydroxyl groups is 3. The number of benzene rings is 1. The quantitative estimate of drug-likeness (QED) is 0.278. The van der Waals surface area contributed by atoms with Crippen LogP contribution in [0, 0.1) is 17.8 Å². The molecule has 2 aliphatic carbocycles. The maximum absolute atomic E-state index is 11.8. The fraction of sp³-hybridized carbons (Fsp3) is 0.593. The molecule has 0 saturated heterocycles. The molecule has 0 heterocycles. The Hall–Kier alpha value is -1.95. The third-order valence-electron chi connectivity index (χ3n) is 6.68. The standard InChI is InChI=1S/C27H39NO4/c29-22(15-14-20-8-4-3-5-9-20)16-17-24-23(25(30)18-26(24)31)10-6-1-2-7-11-27(32)28-19-21-12-13-21/h1,3-6,8-9,16-17,21-26,29-31H,2,7,10-15,18-19H2,(H,28,32)/b6-1+,17-16+/t22-,23+,24+,25-,26+/m0/s1. The molecule has 0 spiro atoms. The van der Waals surface area contributed by atoms with Crippen LogP contribution < -0.4 is 5.32 Å². The van der Waals surface area contributed by atoms with Gasteiger partial charge in [0, 0.05) is 25.3 Å². The van der Waals surface area contributed by atoms with E-state index >= 15 is 0 Å². The van der Waals surface area contributed by atoms with Crippen molar-refractivity contribution in [1.29, 1.82) is 0 Å². The van der Waals surface area contributed by atoms with Crippen LogP contribution in [0.1, 0.15) is 56.9 Å². The summed E-state index contributed by atoms with van der Waals surface area (Å²) in [4.78, 5) is 11.8. The van der Waals surface area contributed by atoms with E-state index in [1.807, 2.05) is 24.3 Å². The van der Waals surface area contributed by atoms with Crippen LogP contribution in [0.2, 0.25) is 0 Å². The highest BCUT2D eigenvalue weighted by Gasteiger charge is 2.39. The highest BCUT2D eigenvalue weighted by Crippen LogP contribution is 2.36. The Labute approximate surface area is 192 Å². The van der Waals surface area contributed by atoms with E-state index in [4.69, 9.17) is 0 Å². The number of nitrogens with one attached hydrogen (secondary N) is 1. The van der Waals surface area contributed by atoms with E-state index in [2.05, 4.69) is 29.6 Å². The van der Waals surface area contributed by atoms with Gasteiger partial charge in [-0.25, -0.2) is 0 Å². The first kappa shape index (κ1) is 24.7. The fourth-order valence-electron chi connectivity index (χ4n) is 4.44. The molecule has 2 saturated carbocycles. The van der Waals surface area contributed by atoms with Crippen molar-refractivity contribution in [2.45, 2.75) is 76.1 Å². The Morgan fingerprint density at radius 1 is 1.12 bits per heavy atom. The molecule has 0 aromatic heterocycles. The van der Waals surface area contributed by atoms with E-state index < -0.39 is 18.3 Å². The lowest BCUT2D eigenvalue weighted by Gasteiger charge is -2.19. The maximum Gasteiger partial charge on any atom is 0.220 e. The molecular formula is C27H39NO4. The Kier molecular flexibility index (Phi) is 9.97. The highest BCUT2D eigenvalue weighted by molar-refractivity contribution is 5.75. The van der Waals surface area contributed by atoms with Crippen molar-refractivity contribution in [2.24, 2.45) is 17.8 Å². The second-order valence-electron chi connectivity index (χ2n) is 9.43. The largest absolute Gasteiger partial charge is 0.393 e. The minimum atomic E-state index is -0.587. The van der Waals surface area contributed by atoms with Crippen molar-refractivity contribution in [3.63, 3.8) is 0 Å². The number of amides is 1. The van der Waals surface area contributed by atoms with Crippen LogP contribution >= 0.6 is 0 Å². The van der Waals surface area contributed by atoms with Gasteiger partial charge in [0.25, 0.3) is 0 Å². The Balaban J connectivity index is 1.37.